The van der Waals surface area contributed by atoms with Gasteiger partial charge in [0, 0.05) is 41.1 Å². The Morgan fingerprint density at radius 2 is 1.79 bits per heavy atom. The molecule has 0 bridgehead atoms. The highest BCUT2D eigenvalue weighted by atomic mass is 35.5. The van der Waals surface area contributed by atoms with Crippen LogP contribution < -0.4 is 25.3 Å². The zero-order valence-electron chi connectivity index (χ0n) is 23.6. The van der Waals surface area contributed by atoms with E-state index >= 15 is 0 Å². The topological polar surface area (TPSA) is 134 Å². The van der Waals surface area contributed by atoms with Crippen LogP contribution in [-0.4, -0.2) is 41.9 Å². The fraction of sp³-hybridized carbons (Fsp3) is 0.161. The number of nitrogens with two attached hydrogens (primary N) is 1. The number of pyridine rings is 1. The van der Waals surface area contributed by atoms with Crippen LogP contribution in [-0.2, 0) is 5.75 Å². The van der Waals surface area contributed by atoms with Crippen molar-refractivity contribution in [3.8, 4) is 23.0 Å². The standard InChI is InChI=1S/C31H28ClN5O5S/c1-18-12-30(37-42-18)36-31(43-17-19-4-6-20(7-5-19)26(38)16-33)35-24-9-8-21(13-23(24)32)41-27-10-11-34-25-15-29(40-3)28(39-2)14-22(25)27/h4-15H,16-17,33H2,1-3H3,(H,35,36,37). The summed E-state index contributed by atoms with van der Waals surface area (Å²) in [6.45, 7) is 1.77. The Labute approximate surface area is 257 Å². The number of hydrogen-bond donors (Lipinski definition) is 2. The van der Waals surface area contributed by atoms with Crippen LogP contribution >= 0.6 is 23.4 Å². The molecule has 2 heterocycles. The minimum atomic E-state index is -0.108. The Morgan fingerprint density at radius 3 is 2.47 bits per heavy atom. The molecule has 43 heavy (non-hydrogen) atoms. The summed E-state index contributed by atoms with van der Waals surface area (Å²) in [5.74, 6) is 3.78. The van der Waals surface area contributed by atoms with Gasteiger partial charge in [0.25, 0.3) is 0 Å². The fourth-order valence-corrected chi connectivity index (χ4v) is 5.16. The summed E-state index contributed by atoms with van der Waals surface area (Å²) in [5.41, 5.74) is 8.36. The van der Waals surface area contributed by atoms with Crippen LogP contribution in [0.1, 0.15) is 21.7 Å². The van der Waals surface area contributed by atoms with Crippen LogP contribution in [0, 0.1) is 6.92 Å². The van der Waals surface area contributed by atoms with E-state index < -0.39 is 0 Å². The monoisotopic (exact) mass is 617 g/mol. The number of aryl methyl sites for hydroxylation is 1. The highest BCUT2D eigenvalue weighted by Crippen LogP contribution is 2.38. The van der Waals surface area contributed by atoms with Crippen LogP contribution in [0.15, 0.2) is 82.4 Å². The number of nitrogens with zero attached hydrogens (tertiary/aromatic N) is 3. The van der Waals surface area contributed by atoms with Crippen LogP contribution in [0.5, 0.6) is 23.0 Å². The Hall–Kier alpha value is -4.58. The van der Waals surface area contributed by atoms with Gasteiger partial charge in [-0.15, -0.1) is 0 Å². The van der Waals surface area contributed by atoms with E-state index in [0.29, 0.717) is 67.3 Å². The van der Waals surface area contributed by atoms with Crippen molar-refractivity contribution in [3.63, 3.8) is 0 Å². The third kappa shape index (κ3) is 7.26. The molecule has 0 atom stereocenters. The number of fused-ring (bicyclic) bond motifs is 1. The average molecular weight is 618 g/mol. The molecule has 220 valence electrons. The minimum Gasteiger partial charge on any atom is -0.493 e. The highest BCUT2D eigenvalue weighted by molar-refractivity contribution is 8.13. The van der Waals surface area contributed by atoms with Crippen LogP contribution in [0.3, 0.4) is 0 Å². The molecule has 0 aliphatic heterocycles. The zero-order chi connectivity index (χ0) is 30.3. The number of Topliss-reactive ketones (excluding diaryl/α,β-unsaturated/α-hetero) is 1. The summed E-state index contributed by atoms with van der Waals surface area (Å²) in [7, 11) is 3.15. The van der Waals surface area contributed by atoms with Crippen LogP contribution in [0.4, 0.5) is 11.5 Å². The van der Waals surface area contributed by atoms with Crippen molar-refractivity contribution in [2.45, 2.75) is 12.7 Å². The molecule has 0 spiro atoms. The number of thioether (sulfide) groups is 1. The van der Waals surface area contributed by atoms with E-state index in [9.17, 15) is 4.79 Å². The van der Waals surface area contributed by atoms with Crippen LogP contribution in [0.2, 0.25) is 5.02 Å². The minimum absolute atomic E-state index is 0.0281. The second-order valence-corrected chi connectivity index (χ2v) is 10.6. The zero-order valence-corrected chi connectivity index (χ0v) is 25.2. The first-order valence-corrected chi connectivity index (χ1v) is 14.5. The van der Waals surface area contributed by atoms with Gasteiger partial charge in [-0.25, -0.2) is 4.99 Å². The van der Waals surface area contributed by atoms with Gasteiger partial charge < -0.3 is 29.8 Å². The van der Waals surface area contributed by atoms with Crippen LogP contribution in [0.25, 0.3) is 10.9 Å². The Morgan fingerprint density at radius 1 is 1.02 bits per heavy atom. The summed E-state index contributed by atoms with van der Waals surface area (Å²) in [5, 5.41) is 9.01. The van der Waals surface area contributed by atoms with E-state index in [4.69, 9.17) is 36.1 Å². The Bertz CT molecular complexity index is 1790. The molecule has 2 aromatic heterocycles. The van der Waals surface area contributed by atoms with Gasteiger partial charge in [-0.1, -0.05) is 52.8 Å². The first-order valence-electron chi connectivity index (χ1n) is 13.1. The molecular formula is C31H28ClN5O5S. The molecule has 5 aromatic rings. The largest absolute Gasteiger partial charge is 0.493 e. The molecule has 0 saturated heterocycles. The molecule has 0 radical (unpaired) electrons. The number of rotatable bonds is 10. The molecule has 0 amide bonds. The second-order valence-electron chi connectivity index (χ2n) is 9.23. The number of ketones is 1. The van der Waals surface area contributed by atoms with Crippen molar-refractivity contribution in [2.24, 2.45) is 10.7 Å². The quantitative estimate of drug-likeness (QED) is 0.0943. The predicted octanol–water partition coefficient (Wildman–Crippen LogP) is 7.17. The number of halogens is 1. The SMILES string of the molecule is COc1cc2nccc(Oc3ccc(NC(=Nc4cc(C)on4)SCc4ccc(C(=O)CN)cc4)c(Cl)c3)c2cc1OC. The first kappa shape index (κ1) is 29.9. The lowest BCUT2D eigenvalue weighted by atomic mass is 10.1. The average Bonchev–Trinajstić information content (AvgIpc) is 3.44. The van der Waals surface area contributed by atoms with Gasteiger partial charge >= 0.3 is 0 Å². The van der Waals surface area contributed by atoms with E-state index in [0.717, 1.165) is 10.9 Å². The van der Waals surface area contributed by atoms with Crippen molar-refractivity contribution in [2.75, 3.05) is 26.1 Å². The van der Waals surface area contributed by atoms with Gasteiger partial charge in [0.15, 0.2) is 28.3 Å². The number of hydrogen-bond acceptors (Lipinski definition) is 10. The molecule has 3 N–H and O–H groups in total. The van der Waals surface area contributed by atoms with E-state index in [2.05, 4.69) is 20.4 Å². The fourth-order valence-electron chi connectivity index (χ4n) is 4.10. The normalized spacial score (nSPS) is 11.4. The molecule has 0 aliphatic rings. The maximum Gasteiger partial charge on any atom is 0.197 e. The summed E-state index contributed by atoms with van der Waals surface area (Å²) in [6, 6.07) is 19.8. The van der Waals surface area contributed by atoms with Gasteiger partial charge in [-0.2, -0.15) is 0 Å². The molecule has 3 aromatic carbocycles. The number of aliphatic imine (C=N–C) groups is 1. The van der Waals surface area contributed by atoms with Gasteiger partial charge in [0.05, 0.1) is 37.0 Å². The second kappa shape index (κ2) is 13.6. The molecule has 0 fully saturated rings. The number of carbonyl (C=O) groups is 1. The predicted molar refractivity (Wildman–Crippen MR) is 169 cm³/mol. The lowest BCUT2D eigenvalue weighted by Gasteiger charge is -2.14. The van der Waals surface area contributed by atoms with Crippen molar-refractivity contribution >= 4 is 56.7 Å². The summed E-state index contributed by atoms with van der Waals surface area (Å²) < 4.78 is 22.2. The van der Waals surface area contributed by atoms with Gasteiger partial charge in [0.1, 0.15) is 17.3 Å². The third-order valence-corrected chi connectivity index (χ3v) is 7.54. The van der Waals surface area contributed by atoms with E-state index in [1.807, 2.05) is 24.3 Å². The Balaban J connectivity index is 1.36. The number of aromatic nitrogens is 2. The molecule has 0 saturated carbocycles. The van der Waals surface area contributed by atoms with Gasteiger partial charge in [-0.3, -0.25) is 9.78 Å². The van der Waals surface area contributed by atoms with Crippen molar-refractivity contribution in [1.82, 2.24) is 10.1 Å². The Kier molecular flexibility index (Phi) is 9.45. The lowest BCUT2D eigenvalue weighted by molar-refractivity contribution is 0.100. The van der Waals surface area contributed by atoms with E-state index in [-0.39, 0.29) is 12.3 Å². The van der Waals surface area contributed by atoms with Crippen molar-refractivity contribution in [3.05, 3.63) is 94.8 Å². The number of methoxy groups -OCH3 is 2. The maximum atomic E-state index is 11.9. The molecular weight excluding hydrogens is 590 g/mol. The smallest absolute Gasteiger partial charge is 0.197 e. The third-order valence-electron chi connectivity index (χ3n) is 6.29. The lowest BCUT2D eigenvalue weighted by Crippen LogP contribution is -2.13. The first-order chi connectivity index (χ1) is 20.9. The highest BCUT2D eigenvalue weighted by Gasteiger charge is 2.14. The number of benzene rings is 3. The number of carbonyl (C=O) groups excluding carboxylic acids is 1. The molecule has 0 unspecified atom stereocenters. The van der Waals surface area contributed by atoms with E-state index in [1.165, 1.54) is 11.8 Å². The molecule has 0 aliphatic carbocycles. The van der Waals surface area contributed by atoms with E-state index in [1.54, 1.807) is 69.8 Å². The molecule has 10 nitrogen and oxygen atoms in total. The van der Waals surface area contributed by atoms with Gasteiger partial charge in [-0.05, 0) is 36.8 Å². The van der Waals surface area contributed by atoms with Crippen molar-refractivity contribution < 1.29 is 23.5 Å². The maximum absolute atomic E-state index is 11.9. The summed E-state index contributed by atoms with van der Waals surface area (Å²) >= 11 is 8.14. The number of amidine groups is 1. The molecule has 5 rings (SSSR count). The van der Waals surface area contributed by atoms with Gasteiger partial charge in [0.2, 0.25) is 0 Å². The summed E-state index contributed by atoms with van der Waals surface area (Å²) in [4.78, 5) is 20.9. The van der Waals surface area contributed by atoms with Crippen molar-refractivity contribution in [1.29, 1.82) is 0 Å². The number of anilines is 1. The molecule has 12 heteroatoms. The number of ether oxygens (including phenoxy) is 3. The summed E-state index contributed by atoms with van der Waals surface area (Å²) in [6.07, 6.45) is 1.66. The number of nitrogens with one attached hydrogen (secondary N) is 1.